The smallest absolute Gasteiger partial charge is 0.102 e. The van der Waals surface area contributed by atoms with Gasteiger partial charge in [-0.2, -0.15) is 0 Å². The van der Waals surface area contributed by atoms with E-state index >= 15 is 0 Å². The molecular weight excluding hydrogens is 251 g/mol. The third-order valence-electron chi connectivity index (χ3n) is 4.29. The van der Waals surface area contributed by atoms with E-state index in [1.165, 1.54) is 5.56 Å². The summed E-state index contributed by atoms with van der Waals surface area (Å²) in [6.07, 6.45) is 1.12. The van der Waals surface area contributed by atoms with Crippen LogP contribution >= 0.6 is 0 Å². The van der Waals surface area contributed by atoms with Crippen molar-refractivity contribution in [2.45, 2.75) is 38.8 Å². The highest BCUT2D eigenvalue weighted by Crippen LogP contribution is 2.28. The predicted octanol–water partition coefficient (Wildman–Crippen LogP) is 3.19. The Morgan fingerprint density at radius 3 is 2.65 bits per heavy atom. The summed E-state index contributed by atoms with van der Waals surface area (Å²) in [5.74, 6) is 0.644. The summed E-state index contributed by atoms with van der Waals surface area (Å²) in [5, 5.41) is 3.69. The van der Waals surface area contributed by atoms with Gasteiger partial charge in [-0.25, -0.2) is 4.39 Å². The second-order valence-corrected chi connectivity index (χ2v) is 6.52. The lowest BCUT2D eigenvalue weighted by molar-refractivity contribution is 0.0683. The third kappa shape index (κ3) is 3.58. The topological polar surface area (TPSA) is 15.3 Å². The van der Waals surface area contributed by atoms with Crippen molar-refractivity contribution in [3.05, 3.63) is 35.9 Å². The number of hydrogen-bond donors (Lipinski definition) is 1. The van der Waals surface area contributed by atoms with E-state index in [1.54, 1.807) is 0 Å². The zero-order valence-corrected chi connectivity index (χ0v) is 12.9. The first-order chi connectivity index (χ1) is 9.55. The molecule has 2 atom stereocenters. The van der Waals surface area contributed by atoms with Gasteiger partial charge in [0.25, 0.3) is 0 Å². The molecule has 1 saturated heterocycles. The minimum Gasteiger partial charge on any atom is -0.305 e. The molecule has 0 aliphatic carbocycles. The number of rotatable bonds is 5. The van der Waals surface area contributed by atoms with Crippen molar-refractivity contribution in [1.82, 2.24) is 10.2 Å². The maximum absolute atomic E-state index is 12.9. The average Bonchev–Trinajstić information content (AvgIpc) is 2.43. The van der Waals surface area contributed by atoms with Gasteiger partial charge in [-0.3, -0.25) is 4.90 Å². The number of nitrogens with one attached hydrogen (secondary N) is 1. The van der Waals surface area contributed by atoms with Crippen LogP contribution in [0.2, 0.25) is 0 Å². The van der Waals surface area contributed by atoms with Crippen molar-refractivity contribution in [1.29, 1.82) is 0 Å². The maximum atomic E-state index is 12.9. The SMILES string of the molecule is CC(C)CC1CNC(C)(c2ccccc2)CN1CCF. The number of hydrogen-bond acceptors (Lipinski definition) is 2. The summed E-state index contributed by atoms with van der Waals surface area (Å²) in [6.45, 7) is 8.78. The number of piperazine rings is 1. The molecule has 0 spiro atoms. The second kappa shape index (κ2) is 6.68. The number of benzene rings is 1. The average molecular weight is 278 g/mol. The Bertz CT molecular complexity index is 407. The minimum atomic E-state index is -0.264. The molecule has 1 aliphatic heterocycles. The molecule has 0 aromatic heterocycles. The Morgan fingerprint density at radius 2 is 2.05 bits per heavy atom. The van der Waals surface area contributed by atoms with Crippen LogP contribution in [-0.2, 0) is 5.54 Å². The zero-order chi connectivity index (χ0) is 14.6. The van der Waals surface area contributed by atoms with E-state index < -0.39 is 0 Å². The van der Waals surface area contributed by atoms with Crippen LogP contribution < -0.4 is 5.32 Å². The lowest BCUT2D eigenvalue weighted by Crippen LogP contribution is -2.61. The van der Waals surface area contributed by atoms with Crippen molar-refractivity contribution < 1.29 is 4.39 Å². The van der Waals surface area contributed by atoms with Crippen LogP contribution in [0.1, 0.15) is 32.8 Å². The van der Waals surface area contributed by atoms with Gasteiger partial charge in [-0.05, 0) is 24.8 Å². The fraction of sp³-hybridized carbons (Fsp3) is 0.647. The lowest BCUT2D eigenvalue weighted by atomic mass is 9.86. The van der Waals surface area contributed by atoms with Crippen molar-refractivity contribution in [3.8, 4) is 0 Å². The van der Waals surface area contributed by atoms with Crippen molar-refractivity contribution >= 4 is 0 Å². The second-order valence-electron chi connectivity index (χ2n) is 6.52. The van der Waals surface area contributed by atoms with Crippen LogP contribution in [0.4, 0.5) is 4.39 Å². The first kappa shape index (κ1) is 15.5. The molecule has 1 fully saturated rings. The van der Waals surface area contributed by atoms with E-state index in [2.05, 4.69) is 55.3 Å². The highest BCUT2D eigenvalue weighted by molar-refractivity contribution is 5.25. The van der Waals surface area contributed by atoms with E-state index in [-0.39, 0.29) is 12.2 Å². The van der Waals surface area contributed by atoms with Gasteiger partial charge in [0.15, 0.2) is 0 Å². The maximum Gasteiger partial charge on any atom is 0.102 e. The van der Waals surface area contributed by atoms with Gasteiger partial charge in [0, 0.05) is 25.7 Å². The Labute approximate surface area is 122 Å². The largest absolute Gasteiger partial charge is 0.305 e. The zero-order valence-electron chi connectivity index (χ0n) is 12.9. The predicted molar refractivity (Wildman–Crippen MR) is 82.6 cm³/mol. The third-order valence-corrected chi connectivity index (χ3v) is 4.29. The van der Waals surface area contributed by atoms with E-state index in [0.29, 0.717) is 18.5 Å². The summed E-state index contributed by atoms with van der Waals surface area (Å²) in [5.41, 5.74) is 1.20. The van der Waals surface area contributed by atoms with Crippen LogP contribution in [0.15, 0.2) is 30.3 Å². The molecular formula is C17H27FN2. The molecule has 2 rings (SSSR count). The molecule has 0 amide bonds. The monoisotopic (exact) mass is 278 g/mol. The van der Waals surface area contributed by atoms with Gasteiger partial charge in [-0.15, -0.1) is 0 Å². The van der Waals surface area contributed by atoms with Gasteiger partial charge in [0.05, 0.1) is 5.54 Å². The minimum absolute atomic E-state index is 0.0795. The van der Waals surface area contributed by atoms with E-state index in [0.717, 1.165) is 19.5 Å². The first-order valence-corrected chi connectivity index (χ1v) is 7.66. The quantitative estimate of drug-likeness (QED) is 0.890. The van der Waals surface area contributed by atoms with Gasteiger partial charge >= 0.3 is 0 Å². The van der Waals surface area contributed by atoms with Gasteiger partial charge in [0.2, 0.25) is 0 Å². The molecule has 1 N–H and O–H groups in total. The first-order valence-electron chi connectivity index (χ1n) is 7.66. The van der Waals surface area contributed by atoms with Gasteiger partial charge in [-0.1, -0.05) is 44.2 Å². The van der Waals surface area contributed by atoms with E-state index in [4.69, 9.17) is 0 Å². The number of halogens is 1. The van der Waals surface area contributed by atoms with Crippen LogP contribution in [0.25, 0.3) is 0 Å². The van der Waals surface area contributed by atoms with Gasteiger partial charge in [0.1, 0.15) is 6.67 Å². The molecule has 1 aliphatic rings. The summed E-state index contributed by atoms with van der Waals surface area (Å²) in [7, 11) is 0. The normalized spacial score (nSPS) is 27.9. The summed E-state index contributed by atoms with van der Waals surface area (Å²) in [6, 6.07) is 10.9. The van der Waals surface area contributed by atoms with Crippen molar-refractivity contribution in [3.63, 3.8) is 0 Å². The van der Waals surface area contributed by atoms with Gasteiger partial charge < -0.3 is 5.32 Å². The van der Waals surface area contributed by atoms with Crippen LogP contribution in [0.3, 0.4) is 0 Å². The summed E-state index contributed by atoms with van der Waals surface area (Å²) < 4.78 is 12.9. The molecule has 112 valence electrons. The molecule has 1 heterocycles. The Hall–Kier alpha value is -0.930. The molecule has 3 heteroatoms. The fourth-order valence-corrected chi connectivity index (χ4v) is 3.21. The Morgan fingerprint density at radius 1 is 1.35 bits per heavy atom. The molecule has 20 heavy (non-hydrogen) atoms. The highest BCUT2D eigenvalue weighted by atomic mass is 19.1. The van der Waals surface area contributed by atoms with E-state index in [9.17, 15) is 4.39 Å². The van der Waals surface area contributed by atoms with Crippen LogP contribution in [0.5, 0.6) is 0 Å². The summed E-state index contributed by atoms with van der Waals surface area (Å²) in [4.78, 5) is 2.32. The molecule has 0 radical (unpaired) electrons. The molecule has 1 aromatic carbocycles. The standard InChI is InChI=1S/C17H27FN2/c1-14(2)11-16-12-19-17(3,13-20(16)10-9-18)15-7-5-4-6-8-15/h4-8,14,16,19H,9-13H2,1-3H3. The van der Waals surface area contributed by atoms with Crippen molar-refractivity contribution in [2.75, 3.05) is 26.3 Å². The fourth-order valence-electron chi connectivity index (χ4n) is 3.21. The highest BCUT2D eigenvalue weighted by Gasteiger charge is 2.36. The molecule has 2 unspecified atom stereocenters. The van der Waals surface area contributed by atoms with Crippen LogP contribution in [0, 0.1) is 5.92 Å². The molecule has 1 aromatic rings. The molecule has 2 nitrogen and oxygen atoms in total. The molecule has 0 saturated carbocycles. The Balaban J connectivity index is 2.13. The van der Waals surface area contributed by atoms with E-state index in [1.807, 2.05) is 6.07 Å². The Kier molecular flexibility index (Phi) is 5.17. The lowest BCUT2D eigenvalue weighted by Gasteiger charge is -2.47. The number of nitrogens with zero attached hydrogens (tertiary/aromatic N) is 1. The van der Waals surface area contributed by atoms with Crippen molar-refractivity contribution in [2.24, 2.45) is 5.92 Å². The summed E-state index contributed by atoms with van der Waals surface area (Å²) >= 11 is 0. The molecule has 0 bridgehead atoms. The number of alkyl halides is 1. The van der Waals surface area contributed by atoms with Crippen LogP contribution in [-0.4, -0.2) is 37.3 Å².